The van der Waals surface area contributed by atoms with Crippen molar-refractivity contribution in [1.29, 1.82) is 0 Å². The summed E-state index contributed by atoms with van der Waals surface area (Å²) in [6, 6.07) is 8.10. The van der Waals surface area contributed by atoms with Crippen LogP contribution in [0.1, 0.15) is 78.6 Å². The average Bonchev–Trinajstić information content (AvgIpc) is 3.35. The maximum Gasteiger partial charge on any atom is 0.146 e. The lowest BCUT2D eigenvalue weighted by atomic mass is 10.1. The molecule has 44 heavy (non-hydrogen) atoms. The minimum Gasteiger partial charge on any atom is -0.396 e. The molecule has 3 N–H and O–H groups in total. The number of hydrogen-bond donors (Lipinski definition) is 2. The van der Waals surface area contributed by atoms with Gasteiger partial charge in [-0.15, -0.1) is 0 Å². The molecule has 0 unspecified atom stereocenters. The summed E-state index contributed by atoms with van der Waals surface area (Å²) >= 11 is 0. The van der Waals surface area contributed by atoms with Crippen LogP contribution in [-0.4, -0.2) is 49.3 Å². The van der Waals surface area contributed by atoms with Gasteiger partial charge in [0.2, 0.25) is 0 Å². The lowest BCUT2D eigenvalue weighted by Crippen LogP contribution is -2.23. The Morgan fingerprint density at radius 1 is 0.886 bits per heavy atom. The monoisotopic (exact) mass is 622 g/mol. The minimum atomic E-state index is -0.587. The molecule has 9 heteroatoms. The highest BCUT2D eigenvalue weighted by molar-refractivity contribution is 5.61. The summed E-state index contributed by atoms with van der Waals surface area (Å²) in [6.45, 7) is 32.7. The minimum absolute atomic E-state index is 0.157. The number of H-pyrrole nitrogens is 1. The van der Waals surface area contributed by atoms with Crippen LogP contribution in [0.15, 0.2) is 43.0 Å². The molecule has 1 heterocycles. The largest absolute Gasteiger partial charge is 0.396 e. The number of aryl methyl sites for hydroxylation is 2. The van der Waals surface area contributed by atoms with Crippen LogP contribution in [0.25, 0.3) is 17.7 Å². The van der Waals surface area contributed by atoms with E-state index in [2.05, 4.69) is 63.1 Å². The summed E-state index contributed by atoms with van der Waals surface area (Å²) in [7, 11) is 4.17. The van der Waals surface area contributed by atoms with Gasteiger partial charge >= 0.3 is 0 Å². The third-order valence-corrected chi connectivity index (χ3v) is 4.82. The second-order valence-electron chi connectivity index (χ2n) is 8.88. The highest BCUT2D eigenvalue weighted by Crippen LogP contribution is 2.15. The van der Waals surface area contributed by atoms with Crippen LogP contribution in [0.4, 0.5) is 18.9 Å². The van der Waals surface area contributed by atoms with E-state index in [0.717, 1.165) is 40.4 Å². The fourth-order valence-electron chi connectivity index (χ4n) is 2.97. The lowest BCUT2D eigenvalue weighted by Gasteiger charge is -2.03. The number of anilines is 1. The number of carbonyl (C=O) groups is 2. The number of nitrogens with zero attached hydrogens (tertiary/aromatic N) is 2. The molecule has 0 aliphatic rings. The van der Waals surface area contributed by atoms with Gasteiger partial charge in [-0.3, -0.25) is 5.10 Å². The predicted molar refractivity (Wildman–Crippen MR) is 185 cm³/mol. The van der Waals surface area contributed by atoms with Gasteiger partial charge in [0.15, 0.2) is 0 Å². The topological polar surface area (TPSA) is 92.1 Å². The Bertz CT molecular complexity index is 1250. The molecule has 3 rings (SSSR count). The molecule has 0 bridgehead atoms. The number of carbonyl (C=O) groups excluding carboxylic acids is 2. The third kappa shape index (κ3) is 24.6. The lowest BCUT2D eigenvalue weighted by molar-refractivity contribution is -0.0987. The Balaban J connectivity index is -0.000000144. The molecule has 2 aromatic carbocycles. The quantitative estimate of drug-likeness (QED) is 0.293. The van der Waals surface area contributed by atoms with Crippen molar-refractivity contribution in [2.45, 2.75) is 75.7 Å². The SMILES string of the molecule is C=C(C)c1ccc(C)c(F)c1.C=O.C=O.C=c1[nH]nc(C)c1=C(C)C.CC.CC.CCCN(C)C.Nc1cc(F)ccc1F. The summed E-state index contributed by atoms with van der Waals surface area (Å²) in [5.74, 6) is -1.27. The van der Waals surface area contributed by atoms with Crippen LogP contribution in [0, 0.1) is 31.3 Å². The van der Waals surface area contributed by atoms with E-state index < -0.39 is 11.6 Å². The molecule has 6 nitrogen and oxygen atoms in total. The van der Waals surface area contributed by atoms with Gasteiger partial charge in [-0.25, -0.2) is 13.2 Å². The summed E-state index contributed by atoms with van der Waals surface area (Å²) in [6.07, 6.45) is 1.26. The van der Waals surface area contributed by atoms with E-state index in [-0.39, 0.29) is 11.5 Å². The first-order valence-electron chi connectivity index (χ1n) is 14.2. The number of nitrogen functional groups attached to an aromatic ring is 1. The van der Waals surface area contributed by atoms with E-state index in [0.29, 0.717) is 5.56 Å². The first-order valence-corrected chi connectivity index (χ1v) is 14.2. The number of benzene rings is 2. The molecule has 0 atom stereocenters. The number of hydrogen-bond acceptors (Lipinski definition) is 5. The molecular weight excluding hydrogens is 565 g/mol. The molecular formula is C35H57F3N4O2. The van der Waals surface area contributed by atoms with Crippen LogP contribution >= 0.6 is 0 Å². The summed E-state index contributed by atoms with van der Waals surface area (Å²) in [4.78, 5) is 18.2. The summed E-state index contributed by atoms with van der Waals surface area (Å²) in [5, 5.41) is 8.95. The smallest absolute Gasteiger partial charge is 0.146 e. The Hall–Kier alpha value is -3.98. The number of aromatic nitrogens is 2. The molecule has 0 fully saturated rings. The molecule has 250 valence electrons. The van der Waals surface area contributed by atoms with Crippen molar-refractivity contribution in [3.05, 3.63) is 87.8 Å². The first-order chi connectivity index (χ1) is 20.7. The van der Waals surface area contributed by atoms with Crippen molar-refractivity contribution >= 4 is 37.0 Å². The molecule has 0 saturated carbocycles. The summed E-state index contributed by atoms with van der Waals surface area (Å²) in [5.41, 5.74) is 9.58. The number of allylic oxidation sites excluding steroid dienone is 1. The third-order valence-electron chi connectivity index (χ3n) is 4.82. The molecule has 0 aliphatic heterocycles. The Morgan fingerprint density at radius 2 is 1.39 bits per heavy atom. The van der Waals surface area contributed by atoms with Crippen LogP contribution in [0.5, 0.6) is 0 Å². The van der Waals surface area contributed by atoms with Crippen LogP contribution in [0.2, 0.25) is 0 Å². The second kappa shape index (κ2) is 31.9. The van der Waals surface area contributed by atoms with Gasteiger partial charge in [-0.05, 0) is 97.1 Å². The number of nitrogens with one attached hydrogen (secondary N) is 1. The molecule has 3 aromatic rings. The zero-order valence-electron chi connectivity index (χ0n) is 29.1. The second-order valence-corrected chi connectivity index (χ2v) is 8.88. The predicted octanol–water partition coefficient (Wildman–Crippen LogP) is 7.67. The van der Waals surface area contributed by atoms with Gasteiger partial charge in [-0.2, -0.15) is 5.10 Å². The highest BCUT2D eigenvalue weighted by atomic mass is 19.1. The molecule has 1 aromatic heterocycles. The maximum absolute atomic E-state index is 12.9. The van der Waals surface area contributed by atoms with E-state index in [9.17, 15) is 13.2 Å². The van der Waals surface area contributed by atoms with Crippen LogP contribution in [-0.2, 0) is 9.59 Å². The number of halogens is 3. The van der Waals surface area contributed by atoms with E-state index in [1.807, 2.05) is 61.2 Å². The average molecular weight is 623 g/mol. The fourth-order valence-corrected chi connectivity index (χ4v) is 2.97. The molecule has 0 saturated heterocycles. The van der Waals surface area contributed by atoms with Gasteiger partial charge < -0.3 is 20.2 Å². The van der Waals surface area contributed by atoms with Crippen LogP contribution in [0.3, 0.4) is 0 Å². The maximum atomic E-state index is 12.9. The van der Waals surface area contributed by atoms with E-state index in [1.165, 1.54) is 29.8 Å². The molecule has 0 spiro atoms. The standard InChI is InChI=1S/C10H11F.C8H12N2.C6H5F2N.C5H13N.2C2H6.2CH2O/c1-7(2)9-5-4-8(3)10(11)6-9;1-5(2)8-6(3)9-10-7(8)4;7-4-1-2-5(8)6(9)3-4;1-4-5-6(2)3;4*1-2/h4-6H,1H2,2-3H3;9H,3H2,1-2,4H3;1-3H,9H2;4-5H2,1-3H3;2*1-2H3;2*1H2. The Kier molecular flexibility index (Phi) is 36.1. The van der Waals surface area contributed by atoms with Crippen molar-refractivity contribution in [1.82, 2.24) is 15.1 Å². The number of rotatable bonds is 3. The van der Waals surface area contributed by atoms with Gasteiger partial charge in [-0.1, -0.05) is 71.1 Å². The van der Waals surface area contributed by atoms with E-state index >= 15 is 0 Å². The normalized spacial score (nSPS) is 8.45. The van der Waals surface area contributed by atoms with Crippen molar-refractivity contribution in [2.24, 2.45) is 0 Å². The zero-order chi connectivity index (χ0) is 36.0. The Labute approximate surface area is 264 Å². The van der Waals surface area contributed by atoms with E-state index in [1.54, 1.807) is 13.0 Å². The number of nitrogens with two attached hydrogens (primary N) is 1. The van der Waals surface area contributed by atoms with E-state index in [4.69, 9.17) is 15.3 Å². The van der Waals surface area contributed by atoms with Gasteiger partial charge in [0.1, 0.15) is 31.0 Å². The van der Waals surface area contributed by atoms with Crippen molar-refractivity contribution in [2.75, 3.05) is 26.4 Å². The fraction of sp³-hybridized carbons (Fsp3) is 0.400. The molecule has 0 aliphatic carbocycles. The van der Waals surface area contributed by atoms with Crippen molar-refractivity contribution in [3.63, 3.8) is 0 Å². The number of aromatic amines is 1. The van der Waals surface area contributed by atoms with Gasteiger partial charge in [0, 0.05) is 5.22 Å². The summed E-state index contributed by atoms with van der Waals surface area (Å²) < 4.78 is 37.2. The Morgan fingerprint density at radius 3 is 1.64 bits per heavy atom. The highest BCUT2D eigenvalue weighted by Gasteiger charge is 1.98. The molecule has 0 amide bonds. The molecule has 0 radical (unpaired) electrons. The van der Waals surface area contributed by atoms with Gasteiger partial charge in [0.05, 0.1) is 16.7 Å². The van der Waals surface area contributed by atoms with Gasteiger partial charge in [0.25, 0.3) is 0 Å². The van der Waals surface area contributed by atoms with Crippen molar-refractivity contribution in [3.8, 4) is 0 Å². The van der Waals surface area contributed by atoms with Crippen LogP contribution < -0.4 is 16.3 Å². The van der Waals surface area contributed by atoms with Crippen molar-refractivity contribution < 1.29 is 22.8 Å². The first kappa shape index (κ1) is 49.7. The zero-order valence-corrected chi connectivity index (χ0v) is 29.1.